The lowest BCUT2D eigenvalue weighted by molar-refractivity contribution is 0.454. The van der Waals surface area contributed by atoms with Gasteiger partial charge in [0.15, 0.2) is 0 Å². The maximum atomic E-state index is 6.03. The molecule has 1 atom stereocenters. The molecule has 1 aliphatic carbocycles. The molecule has 21 heavy (non-hydrogen) atoms. The van der Waals surface area contributed by atoms with Crippen LogP contribution < -0.4 is 5.32 Å². The first-order valence-electron chi connectivity index (χ1n) is 7.37. The van der Waals surface area contributed by atoms with Crippen LogP contribution in [0.15, 0.2) is 22.7 Å². The summed E-state index contributed by atoms with van der Waals surface area (Å²) in [5, 5.41) is 5.46. The minimum Gasteiger partial charge on any atom is -0.309 e. The average Bonchev–Trinajstić information content (AvgIpc) is 2.89. The molecule has 1 aliphatic rings. The van der Waals surface area contributed by atoms with E-state index in [-0.39, 0.29) is 0 Å². The number of benzene rings is 1. The molecule has 0 amide bonds. The Morgan fingerprint density at radius 1 is 1.48 bits per heavy atom. The third-order valence-corrected chi connectivity index (χ3v) is 5.81. The molecular weight excluding hydrogens is 368 g/mol. The Balaban J connectivity index is 1.94. The SMILES string of the molecule is CCCNC1CCCc2sc(-c3ccc(Cl)cc3Br)nc21. The largest absolute Gasteiger partial charge is 0.309 e. The molecule has 0 saturated heterocycles. The number of rotatable bonds is 4. The van der Waals surface area contributed by atoms with Gasteiger partial charge in [0.25, 0.3) is 0 Å². The molecule has 3 rings (SSSR count). The first-order valence-corrected chi connectivity index (χ1v) is 9.36. The van der Waals surface area contributed by atoms with Crippen LogP contribution in [0.5, 0.6) is 0 Å². The van der Waals surface area contributed by atoms with E-state index in [1.54, 1.807) is 0 Å². The second-order valence-electron chi connectivity index (χ2n) is 5.35. The van der Waals surface area contributed by atoms with Gasteiger partial charge >= 0.3 is 0 Å². The summed E-state index contributed by atoms with van der Waals surface area (Å²) < 4.78 is 1.01. The third kappa shape index (κ3) is 3.34. The van der Waals surface area contributed by atoms with Crippen molar-refractivity contribution in [2.24, 2.45) is 0 Å². The molecule has 1 aromatic heterocycles. The lowest BCUT2D eigenvalue weighted by atomic mass is 9.97. The van der Waals surface area contributed by atoms with Crippen molar-refractivity contribution in [3.63, 3.8) is 0 Å². The van der Waals surface area contributed by atoms with Gasteiger partial charge in [-0.25, -0.2) is 4.98 Å². The van der Waals surface area contributed by atoms with Crippen LogP contribution in [-0.2, 0) is 6.42 Å². The predicted molar refractivity (Wildman–Crippen MR) is 94.2 cm³/mol. The van der Waals surface area contributed by atoms with Crippen LogP contribution in [-0.4, -0.2) is 11.5 Å². The van der Waals surface area contributed by atoms with E-state index < -0.39 is 0 Å². The van der Waals surface area contributed by atoms with E-state index in [1.165, 1.54) is 23.4 Å². The molecule has 2 nitrogen and oxygen atoms in total. The number of nitrogens with zero attached hydrogens (tertiary/aromatic N) is 1. The van der Waals surface area contributed by atoms with Crippen molar-refractivity contribution in [1.82, 2.24) is 10.3 Å². The van der Waals surface area contributed by atoms with Gasteiger partial charge in [0, 0.05) is 19.9 Å². The molecule has 0 bridgehead atoms. The Bertz CT molecular complexity index is 641. The van der Waals surface area contributed by atoms with Crippen molar-refractivity contribution in [3.8, 4) is 10.6 Å². The van der Waals surface area contributed by atoms with Gasteiger partial charge in [0.2, 0.25) is 0 Å². The Labute approximate surface area is 143 Å². The van der Waals surface area contributed by atoms with Crippen LogP contribution in [0.1, 0.15) is 42.8 Å². The number of nitrogens with one attached hydrogen (secondary N) is 1. The second-order valence-corrected chi connectivity index (χ2v) is 7.72. The highest BCUT2D eigenvalue weighted by Gasteiger charge is 2.25. The van der Waals surface area contributed by atoms with Crippen molar-refractivity contribution in [3.05, 3.63) is 38.3 Å². The van der Waals surface area contributed by atoms with E-state index in [9.17, 15) is 0 Å². The zero-order chi connectivity index (χ0) is 14.8. The standard InChI is InChI=1S/C16H18BrClN2S/c1-2-8-19-13-4-3-5-14-15(13)20-16(21-14)11-7-6-10(18)9-12(11)17/h6-7,9,13,19H,2-5,8H2,1H3. The smallest absolute Gasteiger partial charge is 0.125 e. The number of fused-ring (bicyclic) bond motifs is 1. The minimum absolute atomic E-state index is 0.421. The summed E-state index contributed by atoms with van der Waals surface area (Å²) in [6.45, 7) is 3.26. The summed E-state index contributed by atoms with van der Waals surface area (Å²) in [7, 11) is 0. The number of hydrogen-bond donors (Lipinski definition) is 1. The highest BCUT2D eigenvalue weighted by molar-refractivity contribution is 9.10. The zero-order valence-electron chi connectivity index (χ0n) is 12.0. The molecule has 1 heterocycles. The van der Waals surface area contributed by atoms with Crippen molar-refractivity contribution >= 4 is 38.9 Å². The monoisotopic (exact) mass is 384 g/mol. The second kappa shape index (κ2) is 6.78. The average molecular weight is 386 g/mol. The van der Waals surface area contributed by atoms with Crippen LogP contribution >= 0.6 is 38.9 Å². The Kier molecular flexibility index (Phi) is 4.99. The van der Waals surface area contributed by atoms with Gasteiger partial charge in [-0.3, -0.25) is 0 Å². The normalized spacial score (nSPS) is 17.8. The molecule has 1 unspecified atom stereocenters. The van der Waals surface area contributed by atoms with Crippen LogP contribution in [0, 0.1) is 0 Å². The van der Waals surface area contributed by atoms with Crippen molar-refractivity contribution in [2.45, 2.75) is 38.6 Å². The van der Waals surface area contributed by atoms with Crippen LogP contribution in [0.25, 0.3) is 10.6 Å². The number of aryl methyl sites for hydroxylation is 1. The van der Waals surface area contributed by atoms with E-state index in [0.29, 0.717) is 6.04 Å². The Hall–Kier alpha value is -0.420. The fourth-order valence-electron chi connectivity index (χ4n) is 2.71. The Morgan fingerprint density at radius 3 is 3.10 bits per heavy atom. The van der Waals surface area contributed by atoms with Crippen LogP contribution in [0.2, 0.25) is 5.02 Å². The highest BCUT2D eigenvalue weighted by Crippen LogP contribution is 2.39. The summed E-state index contributed by atoms with van der Waals surface area (Å²) >= 11 is 11.5. The molecule has 0 aliphatic heterocycles. The summed E-state index contributed by atoms with van der Waals surface area (Å²) in [6.07, 6.45) is 4.75. The third-order valence-electron chi connectivity index (χ3n) is 3.76. The van der Waals surface area contributed by atoms with Crippen molar-refractivity contribution < 1.29 is 0 Å². The first kappa shape index (κ1) is 15.5. The van der Waals surface area contributed by atoms with E-state index in [0.717, 1.165) is 39.5 Å². The van der Waals surface area contributed by atoms with Gasteiger partial charge in [0.1, 0.15) is 5.01 Å². The summed E-state index contributed by atoms with van der Waals surface area (Å²) in [6, 6.07) is 6.33. The summed E-state index contributed by atoms with van der Waals surface area (Å²) in [5.41, 5.74) is 2.39. The van der Waals surface area contributed by atoms with E-state index in [2.05, 4.69) is 28.2 Å². The molecule has 5 heteroatoms. The van der Waals surface area contributed by atoms with Crippen molar-refractivity contribution in [2.75, 3.05) is 6.54 Å². The van der Waals surface area contributed by atoms with Gasteiger partial charge in [-0.1, -0.05) is 34.5 Å². The lowest BCUT2D eigenvalue weighted by Gasteiger charge is -2.22. The predicted octanol–water partition coefficient (Wildman–Crippen LogP) is 5.60. The lowest BCUT2D eigenvalue weighted by Crippen LogP contribution is -2.25. The van der Waals surface area contributed by atoms with E-state index in [1.807, 2.05) is 29.5 Å². The topological polar surface area (TPSA) is 24.9 Å². The molecule has 2 aromatic rings. The van der Waals surface area contributed by atoms with Gasteiger partial charge in [-0.2, -0.15) is 0 Å². The molecule has 112 valence electrons. The molecule has 1 aromatic carbocycles. The maximum Gasteiger partial charge on any atom is 0.125 e. The number of hydrogen-bond acceptors (Lipinski definition) is 3. The molecule has 0 saturated carbocycles. The first-order chi connectivity index (χ1) is 10.2. The van der Waals surface area contributed by atoms with E-state index >= 15 is 0 Å². The number of thiazole rings is 1. The highest BCUT2D eigenvalue weighted by atomic mass is 79.9. The van der Waals surface area contributed by atoms with E-state index in [4.69, 9.17) is 16.6 Å². The minimum atomic E-state index is 0.421. The van der Waals surface area contributed by atoms with Crippen molar-refractivity contribution in [1.29, 1.82) is 0 Å². The van der Waals surface area contributed by atoms with Crippen LogP contribution in [0.3, 0.4) is 0 Å². The molecule has 0 spiro atoms. The van der Waals surface area contributed by atoms with Gasteiger partial charge < -0.3 is 5.32 Å². The number of aromatic nitrogens is 1. The van der Waals surface area contributed by atoms with Gasteiger partial charge in [-0.05, 0) is 50.4 Å². The fraction of sp³-hybridized carbons (Fsp3) is 0.438. The molecular formula is C16H18BrClN2S. The fourth-order valence-corrected chi connectivity index (χ4v) is 4.92. The molecule has 0 radical (unpaired) electrons. The summed E-state index contributed by atoms with van der Waals surface area (Å²) in [4.78, 5) is 6.37. The molecule has 1 N–H and O–H groups in total. The van der Waals surface area contributed by atoms with Gasteiger partial charge in [-0.15, -0.1) is 11.3 Å². The molecule has 0 fully saturated rings. The van der Waals surface area contributed by atoms with Crippen LogP contribution in [0.4, 0.5) is 0 Å². The Morgan fingerprint density at radius 2 is 2.33 bits per heavy atom. The summed E-state index contributed by atoms with van der Waals surface area (Å²) in [5.74, 6) is 0. The number of halogens is 2. The zero-order valence-corrected chi connectivity index (χ0v) is 15.1. The quantitative estimate of drug-likeness (QED) is 0.740. The van der Waals surface area contributed by atoms with Gasteiger partial charge in [0.05, 0.1) is 11.7 Å². The maximum absolute atomic E-state index is 6.03.